The molecule has 4 rings (SSSR count). The van der Waals surface area contributed by atoms with Crippen molar-refractivity contribution in [3.63, 3.8) is 0 Å². The molecule has 0 aromatic heterocycles. The number of hydrogen-bond acceptors (Lipinski definition) is 4. The lowest BCUT2D eigenvalue weighted by Gasteiger charge is -2.49. The molecule has 2 saturated heterocycles. The zero-order chi connectivity index (χ0) is 16.5. The topological polar surface area (TPSA) is 33.7 Å². The van der Waals surface area contributed by atoms with Crippen molar-refractivity contribution in [2.24, 2.45) is 5.92 Å². The molecule has 4 heteroatoms. The van der Waals surface area contributed by atoms with Crippen LogP contribution in [0.25, 0.3) is 0 Å². The van der Waals surface area contributed by atoms with Gasteiger partial charge in [0, 0.05) is 25.2 Å². The monoisotopic (exact) mass is 330 g/mol. The van der Waals surface area contributed by atoms with Crippen LogP contribution in [-0.4, -0.2) is 43.8 Å². The van der Waals surface area contributed by atoms with Crippen LogP contribution in [0.1, 0.15) is 50.3 Å². The van der Waals surface area contributed by atoms with E-state index in [4.69, 9.17) is 9.47 Å². The second kappa shape index (κ2) is 6.93. The van der Waals surface area contributed by atoms with E-state index in [9.17, 15) is 0 Å². The average Bonchev–Trinajstić information content (AvgIpc) is 2.61. The summed E-state index contributed by atoms with van der Waals surface area (Å²) in [5.74, 6) is 2.67. The largest absolute Gasteiger partial charge is 0.490 e. The van der Waals surface area contributed by atoms with Gasteiger partial charge in [0.2, 0.25) is 0 Å². The second-order valence-corrected chi connectivity index (χ2v) is 7.32. The van der Waals surface area contributed by atoms with Crippen LogP contribution in [0, 0.1) is 5.92 Å². The number of benzene rings is 1. The molecule has 0 amide bonds. The van der Waals surface area contributed by atoms with Crippen molar-refractivity contribution in [3.8, 4) is 11.5 Å². The SMILES string of the molecule is CCOc1cc2c(cc1OCC)C1CC3NCCCC3CN1CC2. The van der Waals surface area contributed by atoms with E-state index in [1.165, 1.54) is 50.0 Å². The van der Waals surface area contributed by atoms with Crippen LogP contribution in [0.4, 0.5) is 0 Å². The van der Waals surface area contributed by atoms with Crippen molar-refractivity contribution in [2.75, 3.05) is 32.8 Å². The predicted molar refractivity (Wildman–Crippen MR) is 95.9 cm³/mol. The molecule has 3 aliphatic heterocycles. The molecule has 3 aliphatic rings. The smallest absolute Gasteiger partial charge is 0.161 e. The lowest BCUT2D eigenvalue weighted by atomic mass is 9.77. The van der Waals surface area contributed by atoms with Gasteiger partial charge in [-0.2, -0.15) is 0 Å². The number of fused-ring (bicyclic) bond motifs is 4. The first-order valence-electron chi connectivity index (χ1n) is 9.70. The van der Waals surface area contributed by atoms with Crippen LogP contribution in [-0.2, 0) is 6.42 Å². The summed E-state index contributed by atoms with van der Waals surface area (Å²) in [5.41, 5.74) is 2.93. The molecule has 3 unspecified atom stereocenters. The van der Waals surface area contributed by atoms with Crippen molar-refractivity contribution in [3.05, 3.63) is 23.3 Å². The van der Waals surface area contributed by atoms with E-state index in [0.717, 1.165) is 23.8 Å². The lowest BCUT2D eigenvalue weighted by Crippen LogP contribution is -2.54. The predicted octanol–water partition coefficient (Wildman–Crippen LogP) is 3.16. The van der Waals surface area contributed by atoms with E-state index in [1.54, 1.807) is 0 Å². The van der Waals surface area contributed by atoms with Gasteiger partial charge < -0.3 is 14.8 Å². The maximum atomic E-state index is 5.88. The number of rotatable bonds is 4. The fraction of sp³-hybridized carbons (Fsp3) is 0.700. The van der Waals surface area contributed by atoms with Gasteiger partial charge in [0.1, 0.15) is 0 Å². The minimum atomic E-state index is 0.537. The molecule has 2 fully saturated rings. The molecular formula is C20H30N2O2. The highest BCUT2D eigenvalue weighted by Crippen LogP contribution is 2.44. The summed E-state index contributed by atoms with van der Waals surface area (Å²) < 4.78 is 11.7. The minimum absolute atomic E-state index is 0.537. The molecule has 132 valence electrons. The van der Waals surface area contributed by atoms with Crippen LogP contribution in [0.5, 0.6) is 11.5 Å². The van der Waals surface area contributed by atoms with Crippen molar-refractivity contribution in [2.45, 2.75) is 51.6 Å². The number of nitrogens with one attached hydrogen (secondary N) is 1. The highest BCUT2D eigenvalue weighted by Gasteiger charge is 2.40. The van der Waals surface area contributed by atoms with Crippen LogP contribution < -0.4 is 14.8 Å². The summed E-state index contributed by atoms with van der Waals surface area (Å²) in [4.78, 5) is 2.71. The minimum Gasteiger partial charge on any atom is -0.490 e. The van der Waals surface area contributed by atoms with Gasteiger partial charge in [-0.25, -0.2) is 0 Å². The van der Waals surface area contributed by atoms with Crippen molar-refractivity contribution in [1.82, 2.24) is 10.2 Å². The molecule has 1 N–H and O–H groups in total. The van der Waals surface area contributed by atoms with E-state index in [0.29, 0.717) is 25.3 Å². The maximum absolute atomic E-state index is 5.88. The Bertz CT molecular complexity index is 589. The van der Waals surface area contributed by atoms with Gasteiger partial charge in [-0.15, -0.1) is 0 Å². The first-order chi connectivity index (χ1) is 11.8. The lowest BCUT2D eigenvalue weighted by molar-refractivity contribution is 0.0549. The quantitative estimate of drug-likeness (QED) is 0.919. The third-order valence-electron chi connectivity index (χ3n) is 5.95. The number of piperidine rings is 2. The van der Waals surface area contributed by atoms with E-state index in [1.807, 2.05) is 13.8 Å². The number of nitrogens with zero attached hydrogens (tertiary/aromatic N) is 1. The van der Waals surface area contributed by atoms with Gasteiger partial charge in [-0.1, -0.05) is 0 Å². The van der Waals surface area contributed by atoms with Crippen LogP contribution in [0.3, 0.4) is 0 Å². The molecule has 0 spiro atoms. The Labute approximate surface area is 145 Å². The van der Waals surface area contributed by atoms with Crippen molar-refractivity contribution < 1.29 is 9.47 Å². The Morgan fingerprint density at radius 1 is 1.17 bits per heavy atom. The van der Waals surface area contributed by atoms with Gasteiger partial charge in [0.25, 0.3) is 0 Å². The molecule has 3 heterocycles. The molecule has 1 aromatic carbocycles. The average molecular weight is 330 g/mol. The van der Waals surface area contributed by atoms with Crippen molar-refractivity contribution in [1.29, 1.82) is 0 Å². The van der Waals surface area contributed by atoms with Crippen LogP contribution in [0.2, 0.25) is 0 Å². The van der Waals surface area contributed by atoms with E-state index in [2.05, 4.69) is 22.3 Å². The summed E-state index contributed by atoms with van der Waals surface area (Å²) >= 11 is 0. The molecule has 1 aromatic rings. The van der Waals surface area contributed by atoms with Gasteiger partial charge >= 0.3 is 0 Å². The van der Waals surface area contributed by atoms with E-state index >= 15 is 0 Å². The molecular weight excluding hydrogens is 300 g/mol. The van der Waals surface area contributed by atoms with Crippen LogP contribution >= 0.6 is 0 Å². The summed E-state index contributed by atoms with van der Waals surface area (Å²) in [5, 5.41) is 3.77. The molecule has 24 heavy (non-hydrogen) atoms. The normalized spacial score (nSPS) is 29.3. The van der Waals surface area contributed by atoms with E-state index < -0.39 is 0 Å². The fourth-order valence-corrected chi connectivity index (χ4v) is 4.85. The van der Waals surface area contributed by atoms with Crippen molar-refractivity contribution >= 4 is 0 Å². The summed E-state index contributed by atoms with van der Waals surface area (Å²) in [6.45, 7) is 9.06. The Balaban J connectivity index is 1.65. The molecule has 0 saturated carbocycles. The number of ether oxygens (including phenoxy) is 2. The highest BCUT2D eigenvalue weighted by molar-refractivity contribution is 5.49. The Hall–Kier alpha value is -1.26. The summed E-state index contributed by atoms with van der Waals surface area (Å²) in [7, 11) is 0. The maximum Gasteiger partial charge on any atom is 0.161 e. The summed E-state index contributed by atoms with van der Waals surface area (Å²) in [6.07, 6.45) is 5.09. The molecule has 0 aliphatic carbocycles. The Morgan fingerprint density at radius 2 is 1.96 bits per heavy atom. The van der Waals surface area contributed by atoms with Gasteiger partial charge in [0.05, 0.1) is 13.2 Å². The molecule has 4 nitrogen and oxygen atoms in total. The molecule has 0 bridgehead atoms. The first kappa shape index (κ1) is 16.2. The van der Waals surface area contributed by atoms with Gasteiger partial charge in [0.15, 0.2) is 11.5 Å². The zero-order valence-corrected chi connectivity index (χ0v) is 15.0. The number of hydrogen-bond donors (Lipinski definition) is 1. The first-order valence-corrected chi connectivity index (χ1v) is 9.70. The Morgan fingerprint density at radius 3 is 2.75 bits per heavy atom. The third kappa shape index (κ3) is 2.91. The standard InChI is InChI=1S/C20H30N2O2/c1-3-23-19-10-14-7-9-22-13-15-6-5-8-21-17(15)12-18(22)16(14)11-20(19)24-4-2/h10-11,15,17-18,21H,3-9,12-13H2,1-2H3. The van der Waals surface area contributed by atoms with Gasteiger partial charge in [-0.3, -0.25) is 4.90 Å². The highest BCUT2D eigenvalue weighted by atomic mass is 16.5. The molecule has 3 atom stereocenters. The van der Waals surface area contributed by atoms with E-state index in [-0.39, 0.29) is 0 Å². The van der Waals surface area contributed by atoms with Crippen LogP contribution in [0.15, 0.2) is 12.1 Å². The fourth-order valence-electron chi connectivity index (χ4n) is 4.85. The Kier molecular flexibility index (Phi) is 4.68. The third-order valence-corrected chi connectivity index (χ3v) is 5.95. The molecule has 0 radical (unpaired) electrons. The van der Waals surface area contributed by atoms with Gasteiger partial charge in [-0.05, 0) is 75.3 Å². The summed E-state index contributed by atoms with van der Waals surface area (Å²) in [6, 6.07) is 5.73. The second-order valence-electron chi connectivity index (χ2n) is 7.32. The zero-order valence-electron chi connectivity index (χ0n) is 15.0.